The number of hydrogen-bond donors (Lipinski definition) is 2. The van der Waals surface area contributed by atoms with E-state index in [9.17, 15) is 0 Å². The van der Waals surface area contributed by atoms with Crippen LogP contribution in [0.1, 0.15) is 69.4 Å². The SMILES string of the molecule is Cc1nnc(CN=C(NC2CCCCC2)NC2CCCC2)n1C. The van der Waals surface area contributed by atoms with Crippen molar-refractivity contribution in [3.8, 4) is 0 Å². The lowest BCUT2D eigenvalue weighted by Gasteiger charge is -2.26. The molecule has 2 aliphatic carbocycles. The predicted molar refractivity (Wildman–Crippen MR) is 92.3 cm³/mol. The molecule has 2 aliphatic rings. The Labute approximate surface area is 139 Å². The van der Waals surface area contributed by atoms with Gasteiger partial charge in [-0.25, -0.2) is 4.99 Å². The minimum absolute atomic E-state index is 0.567. The minimum atomic E-state index is 0.567. The van der Waals surface area contributed by atoms with E-state index in [1.165, 1.54) is 57.8 Å². The normalized spacial score (nSPS) is 20.9. The van der Waals surface area contributed by atoms with Crippen LogP contribution in [-0.4, -0.2) is 32.8 Å². The first-order valence-electron chi connectivity index (χ1n) is 9.15. The highest BCUT2D eigenvalue weighted by molar-refractivity contribution is 5.80. The maximum atomic E-state index is 4.80. The van der Waals surface area contributed by atoms with Crippen molar-refractivity contribution in [2.24, 2.45) is 12.0 Å². The lowest BCUT2D eigenvalue weighted by atomic mass is 9.96. The van der Waals surface area contributed by atoms with Gasteiger partial charge in [0.1, 0.15) is 12.4 Å². The third-order valence-electron chi connectivity index (χ3n) is 5.20. The lowest BCUT2D eigenvalue weighted by Crippen LogP contribution is -2.47. The maximum Gasteiger partial charge on any atom is 0.192 e. The fourth-order valence-electron chi connectivity index (χ4n) is 3.58. The van der Waals surface area contributed by atoms with E-state index < -0.39 is 0 Å². The zero-order valence-corrected chi connectivity index (χ0v) is 14.5. The van der Waals surface area contributed by atoms with Gasteiger partial charge in [0.25, 0.3) is 0 Å². The van der Waals surface area contributed by atoms with Crippen LogP contribution in [0.15, 0.2) is 4.99 Å². The largest absolute Gasteiger partial charge is 0.354 e. The highest BCUT2D eigenvalue weighted by atomic mass is 15.3. The standard InChI is InChI=1S/C17H30N6/c1-13-21-22-16(23(13)2)12-18-17(20-15-10-6-7-11-15)19-14-8-4-3-5-9-14/h14-15H,3-12H2,1-2H3,(H2,18,19,20). The molecule has 0 saturated heterocycles. The van der Waals surface area contributed by atoms with Crippen LogP contribution in [0, 0.1) is 6.92 Å². The number of aryl methyl sites for hydroxylation is 1. The van der Waals surface area contributed by atoms with E-state index in [1.54, 1.807) is 0 Å². The van der Waals surface area contributed by atoms with E-state index in [1.807, 2.05) is 18.5 Å². The summed E-state index contributed by atoms with van der Waals surface area (Å²) in [6.45, 7) is 2.55. The molecule has 1 aromatic rings. The summed E-state index contributed by atoms with van der Waals surface area (Å²) in [5.41, 5.74) is 0. The zero-order valence-electron chi connectivity index (χ0n) is 14.5. The number of aliphatic imine (C=N–C) groups is 1. The molecule has 0 unspecified atom stereocenters. The van der Waals surface area contributed by atoms with Crippen LogP contribution in [0.4, 0.5) is 0 Å². The van der Waals surface area contributed by atoms with Gasteiger partial charge in [-0.3, -0.25) is 0 Å². The van der Waals surface area contributed by atoms with E-state index in [0.717, 1.165) is 17.6 Å². The average molecular weight is 318 g/mol. The summed E-state index contributed by atoms with van der Waals surface area (Å²) in [4.78, 5) is 4.80. The van der Waals surface area contributed by atoms with Crippen molar-refractivity contribution in [3.63, 3.8) is 0 Å². The Morgan fingerprint density at radius 1 is 1.00 bits per heavy atom. The first-order chi connectivity index (χ1) is 11.2. The van der Waals surface area contributed by atoms with E-state index in [-0.39, 0.29) is 0 Å². The molecule has 0 atom stereocenters. The summed E-state index contributed by atoms with van der Waals surface area (Å²) >= 11 is 0. The molecule has 6 heteroatoms. The fraction of sp³-hybridized carbons (Fsp3) is 0.824. The zero-order chi connectivity index (χ0) is 16.1. The second-order valence-electron chi connectivity index (χ2n) is 6.99. The Balaban J connectivity index is 1.64. The van der Waals surface area contributed by atoms with Crippen LogP contribution in [0.2, 0.25) is 0 Å². The number of nitrogens with one attached hydrogen (secondary N) is 2. The molecule has 1 heterocycles. The third-order valence-corrected chi connectivity index (χ3v) is 5.20. The first kappa shape index (κ1) is 16.3. The summed E-state index contributed by atoms with van der Waals surface area (Å²) in [5.74, 6) is 2.81. The topological polar surface area (TPSA) is 67.1 Å². The Bertz CT molecular complexity index is 523. The molecule has 3 rings (SSSR count). The summed E-state index contributed by atoms with van der Waals surface area (Å²) in [7, 11) is 2.00. The molecule has 1 aromatic heterocycles. The van der Waals surface area contributed by atoms with Gasteiger partial charge in [0.2, 0.25) is 0 Å². The van der Waals surface area contributed by atoms with Crippen LogP contribution in [0.5, 0.6) is 0 Å². The van der Waals surface area contributed by atoms with Gasteiger partial charge in [-0.15, -0.1) is 10.2 Å². The molecular formula is C17H30N6. The van der Waals surface area contributed by atoms with Gasteiger partial charge < -0.3 is 15.2 Å². The molecule has 2 N–H and O–H groups in total. The van der Waals surface area contributed by atoms with Crippen LogP contribution in [0.25, 0.3) is 0 Å². The molecule has 0 radical (unpaired) electrons. The Morgan fingerprint density at radius 3 is 2.09 bits per heavy atom. The number of nitrogens with zero attached hydrogens (tertiary/aromatic N) is 4. The summed E-state index contributed by atoms with van der Waals surface area (Å²) < 4.78 is 2.01. The summed E-state index contributed by atoms with van der Waals surface area (Å²) in [6, 6.07) is 1.14. The quantitative estimate of drug-likeness (QED) is 0.661. The average Bonchev–Trinajstić information content (AvgIpc) is 3.18. The van der Waals surface area contributed by atoms with E-state index in [2.05, 4.69) is 20.8 Å². The van der Waals surface area contributed by atoms with Crippen molar-refractivity contribution in [3.05, 3.63) is 11.6 Å². The first-order valence-corrected chi connectivity index (χ1v) is 9.15. The second-order valence-corrected chi connectivity index (χ2v) is 6.99. The van der Waals surface area contributed by atoms with Gasteiger partial charge in [0, 0.05) is 19.1 Å². The fourth-order valence-corrected chi connectivity index (χ4v) is 3.58. The molecule has 0 aromatic carbocycles. The highest BCUT2D eigenvalue weighted by Gasteiger charge is 2.19. The maximum absolute atomic E-state index is 4.80. The van der Waals surface area contributed by atoms with Crippen LogP contribution < -0.4 is 10.6 Å². The van der Waals surface area contributed by atoms with Gasteiger partial charge in [-0.1, -0.05) is 32.1 Å². The van der Waals surface area contributed by atoms with E-state index in [0.29, 0.717) is 18.6 Å². The number of aromatic nitrogens is 3. The van der Waals surface area contributed by atoms with Gasteiger partial charge >= 0.3 is 0 Å². The Kier molecular flexibility index (Phi) is 5.51. The molecule has 0 amide bonds. The van der Waals surface area contributed by atoms with Crippen molar-refractivity contribution >= 4 is 5.96 Å². The van der Waals surface area contributed by atoms with Gasteiger partial charge in [0.15, 0.2) is 11.8 Å². The molecule has 0 spiro atoms. The molecule has 6 nitrogen and oxygen atoms in total. The molecule has 128 valence electrons. The van der Waals surface area contributed by atoms with Crippen molar-refractivity contribution in [1.29, 1.82) is 0 Å². The number of guanidine groups is 1. The minimum Gasteiger partial charge on any atom is -0.354 e. The Morgan fingerprint density at radius 2 is 1.57 bits per heavy atom. The van der Waals surface area contributed by atoms with Gasteiger partial charge in [-0.05, 0) is 32.6 Å². The molecule has 0 aliphatic heterocycles. The molecular weight excluding hydrogens is 288 g/mol. The highest BCUT2D eigenvalue weighted by Crippen LogP contribution is 2.19. The summed E-state index contributed by atoms with van der Waals surface area (Å²) in [6.07, 6.45) is 11.7. The molecule has 2 saturated carbocycles. The van der Waals surface area contributed by atoms with Crippen molar-refractivity contribution in [2.75, 3.05) is 0 Å². The molecule has 0 bridgehead atoms. The van der Waals surface area contributed by atoms with Gasteiger partial charge in [-0.2, -0.15) is 0 Å². The smallest absolute Gasteiger partial charge is 0.192 e. The van der Waals surface area contributed by atoms with Crippen molar-refractivity contribution in [2.45, 2.75) is 83.3 Å². The van der Waals surface area contributed by atoms with Crippen LogP contribution in [-0.2, 0) is 13.6 Å². The second kappa shape index (κ2) is 7.79. The van der Waals surface area contributed by atoms with E-state index in [4.69, 9.17) is 4.99 Å². The van der Waals surface area contributed by atoms with Crippen LogP contribution in [0.3, 0.4) is 0 Å². The van der Waals surface area contributed by atoms with Crippen molar-refractivity contribution in [1.82, 2.24) is 25.4 Å². The van der Waals surface area contributed by atoms with Crippen molar-refractivity contribution < 1.29 is 0 Å². The lowest BCUT2D eigenvalue weighted by molar-refractivity contribution is 0.407. The Hall–Kier alpha value is -1.59. The van der Waals surface area contributed by atoms with E-state index >= 15 is 0 Å². The molecule has 23 heavy (non-hydrogen) atoms. The van der Waals surface area contributed by atoms with Crippen LogP contribution >= 0.6 is 0 Å². The summed E-state index contributed by atoms with van der Waals surface area (Å²) in [5, 5.41) is 15.6. The predicted octanol–water partition coefficient (Wildman–Crippen LogP) is 2.43. The third kappa shape index (κ3) is 4.45. The number of hydrogen-bond acceptors (Lipinski definition) is 3. The monoisotopic (exact) mass is 318 g/mol. The van der Waals surface area contributed by atoms with Gasteiger partial charge in [0.05, 0.1) is 0 Å². The molecule has 2 fully saturated rings. The number of rotatable bonds is 4.